The van der Waals surface area contributed by atoms with Crippen molar-refractivity contribution in [1.29, 1.82) is 0 Å². The van der Waals surface area contributed by atoms with Crippen molar-refractivity contribution in [3.05, 3.63) is 88.0 Å². The molecule has 0 aliphatic rings. The number of carbonyl (C=O) groups is 2. The number of hydrogen-bond donors (Lipinski definition) is 2. The zero-order chi connectivity index (χ0) is 26.1. The van der Waals surface area contributed by atoms with Crippen LogP contribution in [0.2, 0.25) is 5.02 Å². The van der Waals surface area contributed by atoms with Gasteiger partial charge in [-0.25, -0.2) is 13.8 Å². The molecule has 0 fully saturated rings. The quantitative estimate of drug-likeness (QED) is 0.225. The second-order valence-corrected chi connectivity index (χ2v) is 9.12. The molecule has 1 aromatic carbocycles. The van der Waals surface area contributed by atoms with Crippen LogP contribution in [0.25, 0.3) is 21.5 Å². The van der Waals surface area contributed by atoms with E-state index in [1.165, 1.54) is 12.3 Å². The maximum atomic E-state index is 13.5. The van der Waals surface area contributed by atoms with E-state index in [0.717, 1.165) is 17.4 Å². The van der Waals surface area contributed by atoms with E-state index in [1.54, 1.807) is 42.5 Å². The maximum Gasteiger partial charge on any atom is 0.291 e. The van der Waals surface area contributed by atoms with E-state index in [4.69, 9.17) is 30.9 Å². The zero-order valence-corrected chi connectivity index (χ0v) is 20.2. The number of primary amides is 1. The summed E-state index contributed by atoms with van der Waals surface area (Å²) in [6.45, 7) is 0.0474. The van der Waals surface area contributed by atoms with Gasteiger partial charge in [-0.1, -0.05) is 11.6 Å². The Hall–Kier alpha value is -4.22. The van der Waals surface area contributed by atoms with Crippen molar-refractivity contribution >= 4 is 50.7 Å². The van der Waals surface area contributed by atoms with Gasteiger partial charge in [0.25, 0.3) is 18.2 Å². The van der Waals surface area contributed by atoms with Gasteiger partial charge in [-0.2, -0.15) is 0 Å². The highest BCUT2D eigenvalue weighted by Gasteiger charge is 2.26. The summed E-state index contributed by atoms with van der Waals surface area (Å²) in [7, 11) is 0. The van der Waals surface area contributed by atoms with E-state index < -0.39 is 23.9 Å². The van der Waals surface area contributed by atoms with Gasteiger partial charge in [0.15, 0.2) is 5.76 Å². The van der Waals surface area contributed by atoms with Crippen molar-refractivity contribution in [1.82, 2.24) is 4.98 Å². The van der Waals surface area contributed by atoms with Crippen molar-refractivity contribution < 1.29 is 31.9 Å². The number of pyridine rings is 1. The lowest BCUT2D eigenvalue weighted by Gasteiger charge is -2.09. The number of nitrogens with zero attached hydrogens (tertiary/aromatic N) is 1. The van der Waals surface area contributed by atoms with Crippen molar-refractivity contribution in [2.75, 3.05) is 5.32 Å². The Kier molecular flexibility index (Phi) is 6.64. The molecule has 0 spiro atoms. The number of nitrogens with one attached hydrogen (secondary N) is 1. The van der Waals surface area contributed by atoms with Crippen LogP contribution in [-0.2, 0) is 6.61 Å². The molecule has 4 aromatic heterocycles. The number of benzene rings is 1. The lowest BCUT2D eigenvalue weighted by atomic mass is 10.1. The molecule has 4 heterocycles. The SMILES string of the molecule is NC(=O)c1sc2nc(C(F)F)cc(-c3ccco3)c2c1NC(=O)c1ccc(COc2ccc(Cl)cc2)o1. The van der Waals surface area contributed by atoms with E-state index in [2.05, 4.69) is 10.3 Å². The Morgan fingerprint density at radius 1 is 1.16 bits per heavy atom. The highest BCUT2D eigenvalue weighted by molar-refractivity contribution is 7.21. The number of ether oxygens (including phenoxy) is 1. The zero-order valence-electron chi connectivity index (χ0n) is 18.7. The van der Waals surface area contributed by atoms with Crippen LogP contribution >= 0.6 is 22.9 Å². The van der Waals surface area contributed by atoms with Crippen LogP contribution in [-0.4, -0.2) is 16.8 Å². The van der Waals surface area contributed by atoms with Crippen LogP contribution in [0.4, 0.5) is 14.5 Å². The molecule has 0 aliphatic heterocycles. The number of furan rings is 2. The fourth-order valence-corrected chi connectivity index (χ4v) is 4.73. The summed E-state index contributed by atoms with van der Waals surface area (Å²) >= 11 is 6.65. The molecule has 8 nitrogen and oxygen atoms in total. The Morgan fingerprint density at radius 2 is 1.95 bits per heavy atom. The smallest absolute Gasteiger partial charge is 0.291 e. The van der Waals surface area contributed by atoms with Crippen molar-refractivity contribution in [2.24, 2.45) is 5.73 Å². The third-order valence-corrected chi connectivity index (χ3v) is 6.58. The number of aromatic nitrogens is 1. The van der Waals surface area contributed by atoms with Gasteiger partial charge in [0.1, 0.15) is 39.3 Å². The standard InChI is InChI=1S/C25H16ClF2N3O5S/c26-12-3-5-13(6-4-12)35-11-14-7-8-18(36-14)24(33)31-20-19-15(17-2-1-9-34-17)10-16(22(27)28)30-25(19)37-21(20)23(29)32/h1-10,22H,11H2,(H2,29,32)(H,31,33). The predicted octanol–water partition coefficient (Wildman–Crippen LogP) is 6.67. The summed E-state index contributed by atoms with van der Waals surface area (Å²) < 4.78 is 43.7. The second-order valence-electron chi connectivity index (χ2n) is 7.69. The highest BCUT2D eigenvalue weighted by Crippen LogP contribution is 2.42. The number of carbonyl (C=O) groups excluding carboxylic acids is 2. The first-order chi connectivity index (χ1) is 17.8. The average Bonchev–Trinajstić information content (AvgIpc) is 3.63. The van der Waals surface area contributed by atoms with Crippen LogP contribution < -0.4 is 15.8 Å². The molecule has 188 valence electrons. The van der Waals surface area contributed by atoms with Crippen molar-refractivity contribution in [2.45, 2.75) is 13.0 Å². The normalized spacial score (nSPS) is 11.2. The number of amides is 2. The van der Waals surface area contributed by atoms with E-state index in [0.29, 0.717) is 16.5 Å². The molecule has 0 aliphatic carbocycles. The fraction of sp³-hybridized carbons (Fsp3) is 0.0800. The third-order valence-electron chi connectivity index (χ3n) is 5.23. The minimum absolute atomic E-state index is 0.0209. The first-order valence-corrected chi connectivity index (χ1v) is 11.9. The third kappa shape index (κ3) is 5.04. The van der Waals surface area contributed by atoms with Gasteiger partial charge in [-0.05, 0) is 54.6 Å². The largest absolute Gasteiger partial charge is 0.486 e. The monoisotopic (exact) mass is 543 g/mol. The van der Waals surface area contributed by atoms with Crippen molar-refractivity contribution in [3.63, 3.8) is 0 Å². The number of anilines is 1. The average molecular weight is 544 g/mol. The van der Waals surface area contributed by atoms with Crippen molar-refractivity contribution in [3.8, 4) is 17.1 Å². The molecule has 0 unspecified atom stereocenters. The lowest BCUT2D eigenvalue weighted by Crippen LogP contribution is -2.16. The Morgan fingerprint density at radius 3 is 2.62 bits per heavy atom. The van der Waals surface area contributed by atoms with E-state index in [1.807, 2.05) is 0 Å². The van der Waals surface area contributed by atoms with Gasteiger partial charge in [0, 0.05) is 16.0 Å². The predicted molar refractivity (Wildman–Crippen MR) is 133 cm³/mol. The Bertz CT molecular complexity index is 1600. The minimum Gasteiger partial charge on any atom is -0.486 e. The molecule has 37 heavy (non-hydrogen) atoms. The van der Waals surface area contributed by atoms with E-state index in [9.17, 15) is 18.4 Å². The number of fused-ring (bicyclic) bond motifs is 1. The number of rotatable bonds is 8. The molecular formula is C25H16ClF2N3O5S. The summed E-state index contributed by atoms with van der Waals surface area (Å²) in [6.07, 6.45) is -1.49. The van der Waals surface area contributed by atoms with Gasteiger partial charge >= 0.3 is 0 Å². The topological polar surface area (TPSA) is 121 Å². The summed E-state index contributed by atoms with van der Waals surface area (Å²) in [5.41, 5.74) is 5.28. The van der Waals surface area contributed by atoms with Crippen LogP contribution in [0.1, 0.15) is 38.1 Å². The minimum atomic E-state index is -2.87. The van der Waals surface area contributed by atoms with Gasteiger partial charge in [0.05, 0.1) is 12.0 Å². The fourth-order valence-electron chi connectivity index (χ4n) is 3.59. The molecule has 12 heteroatoms. The lowest BCUT2D eigenvalue weighted by molar-refractivity contribution is 0.0992. The molecule has 0 bridgehead atoms. The molecule has 5 rings (SSSR count). The summed E-state index contributed by atoms with van der Waals surface area (Å²) in [5, 5.41) is 3.43. The van der Waals surface area contributed by atoms with Crippen LogP contribution in [0.5, 0.6) is 5.75 Å². The molecular weight excluding hydrogens is 528 g/mol. The number of alkyl halides is 2. The highest BCUT2D eigenvalue weighted by atomic mass is 35.5. The summed E-state index contributed by atoms with van der Waals surface area (Å²) in [6, 6.07) is 14.0. The molecule has 0 saturated carbocycles. The molecule has 3 N–H and O–H groups in total. The Balaban J connectivity index is 1.47. The Labute approximate surface area is 216 Å². The van der Waals surface area contributed by atoms with Gasteiger partial charge in [0.2, 0.25) is 0 Å². The molecule has 0 radical (unpaired) electrons. The summed E-state index contributed by atoms with van der Waals surface area (Å²) in [4.78, 5) is 29.3. The number of halogens is 3. The maximum absolute atomic E-state index is 13.5. The first kappa shape index (κ1) is 24.5. The van der Waals surface area contributed by atoms with Gasteiger partial charge in [-0.15, -0.1) is 11.3 Å². The number of nitrogens with two attached hydrogens (primary N) is 1. The first-order valence-electron chi connectivity index (χ1n) is 10.7. The molecule has 2 amide bonds. The molecule has 0 atom stereocenters. The summed E-state index contributed by atoms with van der Waals surface area (Å²) in [5.74, 6) is -0.449. The van der Waals surface area contributed by atoms with Crippen LogP contribution in [0.15, 0.2) is 69.7 Å². The van der Waals surface area contributed by atoms with Gasteiger partial charge < -0.3 is 24.6 Å². The number of thiophene rings is 1. The molecule has 0 saturated heterocycles. The van der Waals surface area contributed by atoms with Gasteiger partial charge in [-0.3, -0.25) is 9.59 Å². The molecule has 5 aromatic rings. The number of hydrogen-bond acceptors (Lipinski definition) is 7. The van der Waals surface area contributed by atoms with Crippen LogP contribution in [0.3, 0.4) is 0 Å². The second kappa shape index (κ2) is 10.0. The van der Waals surface area contributed by atoms with E-state index >= 15 is 0 Å². The van der Waals surface area contributed by atoms with Crippen LogP contribution in [0, 0.1) is 0 Å². The van der Waals surface area contributed by atoms with E-state index in [-0.39, 0.29) is 44.5 Å².